The molecule has 0 saturated carbocycles. The van der Waals surface area contributed by atoms with Crippen molar-refractivity contribution in [2.24, 2.45) is 0 Å². The van der Waals surface area contributed by atoms with Crippen LogP contribution in [-0.4, -0.2) is 30.4 Å². The topological polar surface area (TPSA) is 45.5 Å². The fourth-order valence-corrected chi connectivity index (χ4v) is 2.08. The minimum absolute atomic E-state index is 0.199. The quantitative estimate of drug-likeness (QED) is 0.843. The van der Waals surface area contributed by atoms with Crippen molar-refractivity contribution in [3.63, 3.8) is 0 Å². The van der Waals surface area contributed by atoms with Crippen molar-refractivity contribution < 1.29 is 9.21 Å². The van der Waals surface area contributed by atoms with Crippen molar-refractivity contribution in [3.05, 3.63) is 23.7 Å². The molecule has 1 N–H and O–H groups in total. The monoisotopic (exact) mass is 236 g/mol. The van der Waals surface area contributed by atoms with Gasteiger partial charge in [0.15, 0.2) is 0 Å². The molecule has 94 valence electrons. The van der Waals surface area contributed by atoms with Crippen LogP contribution in [0.5, 0.6) is 0 Å². The van der Waals surface area contributed by atoms with E-state index in [2.05, 4.69) is 12.2 Å². The number of carbonyl (C=O) groups is 1. The molecule has 0 aromatic carbocycles. The molecule has 1 aliphatic heterocycles. The van der Waals surface area contributed by atoms with Gasteiger partial charge in [-0.15, -0.1) is 0 Å². The van der Waals surface area contributed by atoms with Gasteiger partial charge in [0, 0.05) is 19.5 Å². The van der Waals surface area contributed by atoms with Crippen molar-refractivity contribution in [2.75, 3.05) is 19.6 Å². The molecule has 1 amide bonds. The molecule has 17 heavy (non-hydrogen) atoms. The molecule has 4 heteroatoms. The SMILES string of the molecule is CCc1ccc(CNCC(=O)N2CCCC2)o1. The van der Waals surface area contributed by atoms with Crippen molar-refractivity contribution >= 4 is 5.91 Å². The predicted octanol–water partition coefficient (Wildman–Crippen LogP) is 1.55. The van der Waals surface area contributed by atoms with Crippen LogP contribution in [0.25, 0.3) is 0 Å². The number of likely N-dealkylation sites (tertiary alicyclic amines) is 1. The normalized spacial score (nSPS) is 15.5. The van der Waals surface area contributed by atoms with Crippen LogP contribution in [0.2, 0.25) is 0 Å². The lowest BCUT2D eigenvalue weighted by Gasteiger charge is -2.15. The highest BCUT2D eigenvalue weighted by molar-refractivity contribution is 5.78. The van der Waals surface area contributed by atoms with Crippen molar-refractivity contribution in [1.29, 1.82) is 0 Å². The van der Waals surface area contributed by atoms with Crippen LogP contribution in [0.15, 0.2) is 16.5 Å². The summed E-state index contributed by atoms with van der Waals surface area (Å²) in [4.78, 5) is 13.7. The summed E-state index contributed by atoms with van der Waals surface area (Å²) in [5.41, 5.74) is 0. The molecule has 0 radical (unpaired) electrons. The van der Waals surface area contributed by atoms with Crippen molar-refractivity contribution in [1.82, 2.24) is 10.2 Å². The Morgan fingerprint density at radius 3 is 2.71 bits per heavy atom. The summed E-state index contributed by atoms with van der Waals surface area (Å²) in [6, 6.07) is 3.95. The smallest absolute Gasteiger partial charge is 0.236 e. The van der Waals surface area contributed by atoms with Gasteiger partial charge in [-0.25, -0.2) is 0 Å². The second-order valence-corrected chi connectivity index (χ2v) is 4.41. The van der Waals surface area contributed by atoms with Gasteiger partial charge in [0.05, 0.1) is 13.1 Å². The molecule has 0 atom stereocenters. The van der Waals surface area contributed by atoms with Crippen LogP contribution in [0.3, 0.4) is 0 Å². The first-order valence-electron chi connectivity index (χ1n) is 6.35. The zero-order valence-electron chi connectivity index (χ0n) is 10.4. The highest BCUT2D eigenvalue weighted by atomic mass is 16.3. The minimum atomic E-state index is 0.199. The van der Waals surface area contributed by atoms with E-state index in [1.54, 1.807) is 0 Å². The Bertz CT molecular complexity index is 367. The summed E-state index contributed by atoms with van der Waals surface area (Å²) >= 11 is 0. The Morgan fingerprint density at radius 1 is 1.35 bits per heavy atom. The van der Waals surface area contributed by atoms with E-state index in [9.17, 15) is 4.79 Å². The van der Waals surface area contributed by atoms with Crippen molar-refractivity contribution in [2.45, 2.75) is 32.7 Å². The van der Waals surface area contributed by atoms with E-state index in [0.29, 0.717) is 13.1 Å². The Labute approximate surface area is 102 Å². The highest BCUT2D eigenvalue weighted by Crippen LogP contribution is 2.09. The van der Waals surface area contributed by atoms with Gasteiger partial charge in [-0.2, -0.15) is 0 Å². The van der Waals surface area contributed by atoms with Gasteiger partial charge in [-0.3, -0.25) is 4.79 Å². The molecule has 2 heterocycles. The zero-order chi connectivity index (χ0) is 12.1. The standard InChI is InChI=1S/C13H20N2O2/c1-2-11-5-6-12(17-11)9-14-10-13(16)15-7-3-4-8-15/h5-6,14H,2-4,7-10H2,1H3. The number of hydrogen-bond acceptors (Lipinski definition) is 3. The fourth-order valence-electron chi connectivity index (χ4n) is 2.08. The molecule has 1 aromatic heterocycles. The Morgan fingerprint density at radius 2 is 2.06 bits per heavy atom. The summed E-state index contributed by atoms with van der Waals surface area (Å²) in [6.45, 7) is 4.93. The molecular formula is C13H20N2O2. The van der Waals surface area contributed by atoms with E-state index < -0.39 is 0 Å². The summed E-state index contributed by atoms with van der Waals surface area (Å²) in [7, 11) is 0. The molecule has 1 saturated heterocycles. The van der Waals surface area contributed by atoms with Crippen LogP contribution in [0, 0.1) is 0 Å². The van der Waals surface area contributed by atoms with E-state index in [1.165, 1.54) is 0 Å². The van der Waals surface area contributed by atoms with Crippen LogP contribution < -0.4 is 5.32 Å². The second-order valence-electron chi connectivity index (χ2n) is 4.41. The highest BCUT2D eigenvalue weighted by Gasteiger charge is 2.17. The fraction of sp³-hybridized carbons (Fsp3) is 0.615. The molecule has 1 fully saturated rings. The van der Waals surface area contributed by atoms with Gasteiger partial charge in [-0.05, 0) is 25.0 Å². The maximum Gasteiger partial charge on any atom is 0.236 e. The van der Waals surface area contributed by atoms with E-state index in [1.807, 2.05) is 17.0 Å². The maximum atomic E-state index is 11.7. The lowest BCUT2D eigenvalue weighted by Crippen LogP contribution is -2.35. The largest absolute Gasteiger partial charge is 0.465 e. The molecule has 1 aliphatic rings. The van der Waals surface area contributed by atoms with Gasteiger partial charge in [0.2, 0.25) is 5.91 Å². The third kappa shape index (κ3) is 3.33. The first kappa shape index (κ1) is 12.2. The van der Waals surface area contributed by atoms with Gasteiger partial charge >= 0.3 is 0 Å². The Kier molecular flexibility index (Phi) is 4.20. The first-order valence-corrected chi connectivity index (χ1v) is 6.35. The van der Waals surface area contributed by atoms with Gasteiger partial charge in [-0.1, -0.05) is 6.92 Å². The number of carbonyl (C=O) groups excluding carboxylic acids is 1. The molecule has 0 spiro atoms. The average molecular weight is 236 g/mol. The van der Waals surface area contributed by atoms with Crippen LogP contribution >= 0.6 is 0 Å². The number of rotatable bonds is 5. The number of nitrogens with zero attached hydrogens (tertiary/aromatic N) is 1. The number of furan rings is 1. The third-order valence-corrected chi connectivity index (χ3v) is 3.10. The van der Waals surface area contributed by atoms with Crippen LogP contribution in [-0.2, 0) is 17.8 Å². The van der Waals surface area contributed by atoms with E-state index in [0.717, 1.165) is 43.9 Å². The van der Waals surface area contributed by atoms with Crippen LogP contribution in [0.4, 0.5) is 0 Å². The van der Waals surface area contributed by atoms with Crippen molar-refractivity contribution in [3.8, 4) is 0 Å². The summed E-state index contributed by atoms with van der Waals surface area (Å²) in [5.74, 6) is 2.09. The van der Waals surface area contributed by atoms with Crippen LogP contribution in [0.1, 0.15) is 31.3 Å². The minimum Gasteiger partial charge on any atom is -0.465 e. The lowest BCUT2D eigenvalue weighted by atomic mass is 10.3. The second kappa shape index (κ2) is 5.87. The van der Waals surface area contributed by atoms with E-state index in [-0.39, 0.29) is 5.91 Å². The van der Waals surface area contributed by atoms with Gasteiger partial charge < -0.3 is 14.6 Å². The molecule has 1 aromatic rings. The Hall–Kier alpha value is -1.29. The Balaban J connectivity index is 1.69. The summed E-state index contributed by atoms with van der Waals surface area (Å²) in [5, 5.41) is 3.13. The number of hydrogen-bond donors (Lipinski definition) is 1. The average Bonchev–Trinajstić information content (AvgIpc) is 3.00. The lowest BCUT2D eigenvalue weighted by molar-refractivity contribution is -0.129. The zero-order valence-corrected chi connectivity index (χ0v) is 10.4. The number of amides is 1. The molecular weight excluding hydrogens is 216 g/mol. The summed E-state index contributed by atoms with van der Waals surface area (Å²) in [6.07, 6.45) is 3.19. The molecule has 4 nitrogen and oxygen atoms in total. The molecule has 0 aliphatic carbocycles. The third-order valence-electron chi connectivity index (χ3n) is 3.10. The van der Waals surface area contributed by atoms with E-state index in [4.69, 9.17) is 4.42 Å². The molecule has 0 unspecified atom stereocenters. The van der Waals surface area contributed by atoms with Gasteiger partial charge in [0.1, 0.15) is 11.5 Å². The molecule has 2 rings (SSSR count). The predicted molar refractivity (Wildman–Crippen MR) is 65.6 cm³/mol. The van der Waals surface area contributed by atoms with E-state index >= 15 is 0 Å². The summed E-state index contributed by atoms with van der Waals surface area (Å²) < 4.78 is 5.55. The maximum absolute atomic E-state index is 11.7. The van der Waals surface area contributed by atoms with Gasteiger partial charge in [0.25, 0.3) is 0 Å². The molecule has 0 bridgehead atoms. The number of aryl methyl sites for hydroxylation is 1. The number of nitrogens with one attached hydrogen (secondary N) is 1. The first-order chi connectivity index (χ1) is 8.29.